The fraction of sp³-hybridized carbons (Fsp3) is 0.0909. The maximum absolute atomic E-state index is 8.97. The Morgan fingerprint density at radius 3 is 3.00 bits per heavy atom. The predicted molar refractivity (Wildman–Crippen MR) is 51.0 cm³/mol. The van der Waals surface area contributed by atoms with E-state index in [0.29, 0.717) is 0 Å². The molecule has 14 heavy (non-hydrogen) atoms. The molecule has 3 heteroatoms. The zero-order chi connectivity index (χ0) is 9.80. The standard InChI is InChI=1S/C11H10IO2/c13-8-9-3-4-10(12-6-5-9)11-2-1-7-14-11/h1-7,13H,8H2/q-1. The van der Waals surface area contributed by atoms with E-state index in [4.69, 9.17) is 9.52 Å². The summed E-state index contributed by atoms with van der Waals surface area (Å²) in [6.07, 6.45) is 7.66. The minimum absolute atomic E-state index is 0.0994. The molecule has 0 bridgehead atoms. The third-order valence-corrected chi connectivity index (χ3v) is 4.12. The van der Waals surface area contributed by atoms with E-state index >= 15 is 0 Å². The van der Waals surface area contributed by atoms with Gasteiger partial charge in [0.05, 0.1) is 0 Å². The van der Waals surface area contributed by atoms with Crippen LogP contribution in [0.3, 0.4) is 0 Å². The van der Waals surface area contributed by atoms with Crippen LogP contribution < -0.4 is 21.2 Å². The first-order chi connectivity index (χ1) is 6.90. The van der Waals surface area contributed by atoms with Crippen LogP contribution in [0.4, 0.5) is 0 Å². The summed E-state index contributed by atoms with van der Waals surface area (Å²) in [5, 5.41) is 8.97. The molecule has 2 rings (SSSR count). The first-order valence-electron chi connectivity index (χ1n) is 4.25. The number of furan rings is 1. The van der Waals surface area contributed by atoms with E-state index in [2.05, 4.69) is 4.08 Å². The third kappa shape index (κ3) is 2.16. The van der Waals surface area contributed by atoms with Crippen LogP contribution in [0.5, 0.6) is 0 Å². The van der Waals surface area contributed by atoms with Gasteiger partial charge in [-0.05, 0) is 0 Å². The van der Waals surface area contributed by atoms with Gasteiger partial charge < -0.3 is 0 Å². The summed E-state index contributed by atoms with van der Waals surface area (Å²) in [7, 11) is 0. The van der Waals surface area contributed by atoms with E-state index in [1.807, 2.05) is 30.4 Å². The van der Waals surface area contributed by atoms with Gasteiger partial charge >= 0.3 is 93.0 Å². The van der Waals surface area contributed by atoms with Gasteiger partial charge in [0, 0.05) is 0 Å². The average Bonchev–Trinajstić information content (AvgIpc) is 2.63. The Morgan fingerprint density at radius 2 is 2.29 bits per heavy atom. The Kier molecular flexibility index (Phi) is 3.21. The molecule has 74 valence electrons. The zero-order valence-electron chi connectivity index (χ0n) is 7.48. The van der Waals surface area contributed by atoms with Gasteiger partial charge in [-0.15, -0.1) is 0 Å². The Labute approximate surface area is 92.9 Å². The molecule has 0 aromatic carbocycles. The number of hydrogen-bond donors (Lipinski definition) is 1. The molecule has 0 atom stereocenters. The quantitative estimate of drug-likeness (QED) is 0.723. The second-order valence-electron chi connectivity index (χ2n) is 2.79. The summed E-state index contributed by atoms with van der Waals surface area (Å²) >= 11 is -0.141. The molecule has 1 aliphatic heterocycles. The first kappa shape index (κ1) is 9.73. The van der Waals surface area contributed by atoms with Crippen molar-refractivity contribution in [2.45, 2.75) is 0 Å². The van der Waals surface area contributed by atoms with Crippen molar-refractivity contribution in [3.05, 3.63) is 52.0 Å². The Morgan fingerprint density at radius 1 is 1.36 bits per heavy atom. The van der Waals surface area contributed by atoms with Crippen molar-refractivity contribution >= 4 is 3.58 Å². The van der Waals surface area contributed by atoms with Crippen molar-refractivity contribution in [3.63, 3.8) is 0 Å². The normalized spacial score (nSPS) is 16.6. The van der Waals surface area contributed by atoms with Crippen molar-refractivity contribution in [1.82, 2.24) is 0 Å². The van der Waals surface area contributed by atoms with E-state index in [9.17, 15) is 0 Å². The monoisotopic (exact) mass is 301 g/mol. The Hall–Kier alpha value is -0.810. The molecule has 1 aliphatic rings. The van der Waals surface area contributed by atoms with E-state index in [-0.39, 0.29) is 27.8 Å². The average molecular weight is 301 g/mol. The molecule has 2 nitrogen and oxygen atoms in total. The summed E-state index contributed by atoms with van der Waals surface area (Å²) < 4.78 is 8.72. The van der Waals surface area contributed by atoms with Gasteiger partial charge in [-0.1, -0.05) is 0 Å². The van der Waals surface area contributed by atoms with Crippen molar-refractivity contribution in [3.8, 4) is 0 Å². The summed E-state index contributed by atoms with van der Waals surface area (Å²) in [4.78, 5) is 0. The van der Waals surface area contributed by atoms with Crippen LogP contribution in [-0.4, -0.2) is 11.7 Å². The number of aliphatic hydroxyl groups excluding tert-OH is 1. The topological polar surface area (TPSA) is 33.4 Å². The fourth-order valence-corrected chi connectivity index (χ4v) is 3.14. The SMILES string of the molecule is OCC1=CC=C(c2ccco2)[I-]C=C1. The van der Waals surface area contributed by atoms with Gasteiger partial charge in [-0.2, -0.15) is 0 Å². The van der Waals surface area contributed by atoms with E-state index in [1.165, 1.54) is 3.58 Å². The minimum atomic E-state index is -0.141. The number of hydrogen-bond acceptors (Lipinski definition) is 2. The molecule has 0 radical (unpaired) electrons. The van der Waals surface area contributed by atoms with Gasteiger partial charge in [0.2, 0.25) is 0 Å². The molecule has 2 heterocycles. The molecule has 0 amide bonds. The van der Waals surface area contributed by atoms with Gasteiger partial charge in [-0.3, -0.25) is 0 Å². The molecule has 0 unspecified atom stereocenters. The number of rotatable bonds is 2. The molecule has 0 spiro atoms. The van der Waals surface area contributed by atoms with Crippen molar-refractivity contribution in [2.24, 2.45) is 0 Å². The third-order valence-electron chi connectivity index (χ3n) is 1.84. The Bertz CT molecular complexity index is 385. The van der Waals surface area contributed by atoms with Gasteiger partial charge in [0.25, 0.3) is 0 Å². The molecule has 0 aliphatic carbocycles. The van der Waals surface area contributed by atoms with Crippen LogP contribution in [0.2, 0.25) is 0 Å². The summed E-state index contributed by atoms with van der Waals surface area (Å²) in [5.74, 6) is 0.942. The Balaban J connectivity index is 2.27. The molecular formula is C11H10IO2-. The second-order valence-corrected chi connectivity index (χ2v) is 5.30. The van der Waals surface area contributed by atoms with Gasteiger partial charge in [-0.25, -0.2) is 0 Å². The molecular weight excluding hydrogens is 291 g/mol. The van der Waals surface area contributed by atoms with Crippen LogP contribution >= 0.6 is 0 Å². The summed E-state index contributed by atoms with van der Waals surface area (Å²) in [6, 6.07) is 3.86. The van der Waals surface area contributed by atoms with Crippen molar-refractivity contribution < 1.29 is 30.7 Å². The molecule has 0 saturated carbocycles. The van der Waals surface area contributed by atoms with Crippen LogP contribution in [0.25, 0.3) is 3.58 Å². The molecule has 0 fully saturated rings. The maximum atomic E-state index is 8.97. The second kappa shape index (κ2) is 4.61. The summed E-state index contributed by atoms with van der Waals surface area (Å²) in [6.45, 7) is 0.0994. The summed E-state index contributed by atoms with van der Waals surface area (Å²) in [5.41, 5.74) is 0.950. The van der Waals surface area contributed by atoms with Crippen LogP contribution in [0, 0.1) is 0 Å². The van der Waals surface area contributed by atoms with Gasteiger partial charge in [0.1, 0.15) is 0 Å². The number of halogens is 1. The molecule has 1 aromatic rings. The predicted octanol–water partition coefficient (Wildman–Crippen LogP) is -0.845. The van der Waals surface area contributed by atoms with Crippen LogP contribution in [0.15, 0.2) is 50.7 Å². The van der Waals surface area contributed by atoms with Gasteiger partial charge in [0.15, 0.2) is 0 Å². The first-order valence-corrected chi connectivity index (χ1v) is 6.58. The molecule has 0 saturated heterocycles. The zero-order valence-corrected chi connectivity index (χ0v) is 9.64. The van der Waals surface area contributed by atoms with Crippen molar-refractivity contribution in [1.29, 1.82) is 0 Å². The number of aliphatic hydroxyl groups is 1. The molecule has 1 aromatic heterocycles. The van der Waals surface area contributed by atoms with E-state index in [0.717, 1.165) is 11.3 Å². The van der Waals surface area contributed by atoms with Crippen molar-refractivity contribution in [2.75, 3.05) is 6.61 Å². The van der Waals surface area contributed by atoms with Crippen LogP contribution in [0.1, 0.15) is 5.76 Å². The van der Waals surface area contributed by atoms with E-state index < -0.39 is 0 Å². The molecule has 1 N–H and O–H groups in total. The fourth-order valence-electron chi connectivity index (χ4n) is 1.11. The number of allylic oxidation sites excluding steroid dienone is 2. The van der Waals surface area contributed by atoms with E-state index in [1.54, 1.807) is 6.26 Å². The van der Waals surface area contributed by atoms with Crippen LogP contribution in [-0.2, 0) is 0 Å².